The minimum absolute atomic E-state index is 0.00679. The molecule has 3 aromatic carbocycles. The second kappa shape index (κ2) is 7.62. The molecule has 0 radical (unpaired) electrons. The van der Waals surface area contributed by atoms with E-state index in [0.717, 1.165) is 22.5 Å². The molecule has 0 bridgehead atoms. The molecular formula is C25H22ClN3O. The standard InChI is InChI=1S/C25H22ClN3O/c1-17(18-9-3-2-4-10-18)29-23-14-8-6-12-21(23)27-25(29)19-15-24(30)28(16-19)22-13-7-5-11-20(22)26/h2-14,17,19H,15-16H2,1H3. The zero-order chi connectivity index (χ0) is 20.7. The summed E-state index contributed by atoms with van der Waals surface area (Å²) in [7, 11) is 0. The van der Waals surface area contributed by atoms with Gasteiger partial charge in [-0.3, -0.25) is 4.79 Å². The van der Waals surface area contributed by atoms with Crippen LogP contribution in [0.25, 0.3) is 11.0 Å². The number of rotatable bonds is 4. The molecule has 5 heteroatoms. The Morgan fingerprint density at radius 2 is 1.67 bits per heavy atom. The fraction of sp³-hybridized carbons (Fsp3) is 0.200. The van der Waals surface area contributed by atoms with Gasteiger partial charge in [-0.05, 0) is 36.8 Å². The van der Waals surface area contributed by atoms with Gasteiger partial charge in [0.2, 0.25) is 5.91 Å². The van der Waals surface area contributed by atoms with E-state index >= 15 is 0 Å². The average Bonchev–Trinajstić information content (AvgIpc) is 3.35. The monoisotopic (exact) mass is 415 g/mol. The van der Waals surface area contributed by atoms with E-state index in [-0.39, 0.29) is 17.9 Å². The topological polar surface area (TPSA) is 38.1 Å². The van der Waals surface area contributed by atoms with Crippen molar-refractivity contribution >= 4 is 34.2 Å². The molecule has 150 valence electrons. The van der Waals surface area contributed by atoms with Crippen LogP contribution in [0.1, 0.15) is 36.7 Å². The molecule has 2 heterocycles. The Kier molecular flexibility index (Phi) is 4.80. The predicted molar refractivity (Wildman–Crippen MR) is 121 cm³/mol. The zero-order valence-electron chi connectivity index (χ0n) is 16.7. The highest BCUT2D eigenvalue weighted by molar-refractivity contribution is 6.33. The molecule has 0 spiro atoms. The summed E-state index contributed by atoms with van der Waals surface area (Å²) in [6, 6.07) is 26.2. The zero-order valence-corrected chi connectivity index (χ0v) is 17.5. The molecule has 1 aliphatic rings. The highest BCUT2D eigenvalue weighted by Crippen LogP contribution is 2.37. The lowest BCUT2D eigenvalue weighted by molar-refractivity contribution is -0.117. The van der Waals surface area contributed by atoms with Gasteiger partial charge in [0.25, 0.3) is 0 Å². The number of carbonyl (C=O) groups is 1. The van der Waals surface area contributed by atoms with Crippen LogP contribution < -0.4 is 4.90 Å². The van der Waals surface area contributed by atoms with Gasteiger partial charge in [0.05, 0.1) is 27.8 Å². The van der Waals surface area contributed by atoms with Gasteiger partial charge in [-0.1, -0.05) is 66.2 Å². The summed E-state index contributed by atoms with van der Waals surface area (Å²) in [4.78, 5) is 19.7. The van der Waals surface area contributed by atoms with Crippen molar-refractivity contribution in [1.29, 1.82) is 0 Å². The summed E-state index contributed by atoms with van der Waals surface area (Å²) >= 11 is 6.37. The van der Waals surface area contributed by atoms with Crippen LogP contribution in [0.5, 0.6) is 0 Å². The van der Waals surface area contributed by atoms with E-state index in [0.29, 0.717) is 18.0 Å². The summed E-state index contributed by atoms with van der Waals surface area (Å²) in [5.41, 5.74) is 4.03. The third-order valence-electron chi connectivity index (χ3n) is 5.93. The number of fused-ring (bicyclic) bond motifs is 1. The highest BCUT2D eigenvalue weighted by Gasteiger charge is 2.36. The van der Waals surface area contributed by atoms with Crippen molar-refractivity contribution in [3.63, 3.8) is 0 Å². The van der Waals surface area contributed by atoms with E-state index in [2.05, 4.69) is 41.8 Å². The number of halogens is 1. The summed E-state index contributed by atoms with van der Waals surface area (Å²) in [6.07, 6.45) is 0.427. The number of benzene rings is 3. The van der Waals surface area contributed by atoms with Gasteiger partial charge in [0.15, 0.2) is 0 Å². The van der Waals surface area contributed by atoms with E-state index in [4.69, 9.17) is 16.6 Å². The maximum absolute atomic E-state index is 12.9. The third kappa shape index (κ3) is 3.17. The number of para-hydroxylation sites is 3. The maximum Gasteiger partial charge on any atom is 0.227 e. The van der Waals surface area contributed by atoms with Crippen LogP contribution in [0, 0.1) is 0 Å². The lowest BCUT2D eigenvalue weighted by Crippen LogP contribution is -2.25. The van der Waals surface area contributed by atoms with Crippen molar-refractivity contribution in [3.05, 3.63) is 95.3 Å². The SMILES string of the molecule is CC(c1ccccc1)n1c(C2CC(=O)N(c3ccccc3Cl)C2)nc2ccccc21. The average molecular weight is 416 g/mol. The Balaban J connectivity index is 1.58. The van der Waals surface area contributed by atoms with E-state index in [9.17, 15) is 4.79 Å². The Hall–Kier alpha value is -3.11. The lowest BCUT2D eigenvalue weighted by atomic mass is 10.0. The number of imidazole rings is 1. The largest absolute Gasteiger partial charge is 0.320 e. The first-order valence-electron chi connectivity index (χ1n) is 10.2. The number of hydrogen-bond donors (Lipinski definition) is 0. The summed E-state index contributed by atoms with van der Waals surface area (Å²) in [5.74, 6) is 1.04. The van der Waals surface area contributed by atoms with Gasteiger partial charge in [-0.25, -0.2) is 4.98 Å². The second-order valence-corrected chi connectivity index (χ2v) is 8.18. The third-order valence-corrected chi connectivity index (χ3v) is 6.25. The minimum atomic E-state index is 0.00679. The van der Waals surface area contributed by atoms with Crippen molar-refractivity contribution in [2.75, 3.05) is 11.4 Å². The first-order chi connectivity index (χ1) is 14.6. The van der Waals surface area contributed by atoms with Crippen molar-refractivity contribution in [1.82, 2.24) is 9.55 Å². The Bertz CT molecular complexity index is 1220. The highest BCUT2D eigenvalue weighted by atomic mass is 35.5. The molecule has 2 atom stereocenters. The molecule has 1 aliphatic heterocycles. The van der Waals surface area contributed by atoms with Crippen LogP contribution in [-0.4, -0.2) is 22.0 Å². The van der Waals surface area contributed by atoms with Gasteiger partial charge in [-0.15, -0.1) is 0 Å². The maximum atomic E-state index is 12.9. The van der Waals surface area contributed by atoms with Gasteiger partial charge in [-0.2, -0.15) is 0 Å². The van der Waals surface area contributed by atoms with E-state index in [1.807, 2.05) is 48.5 Å². The van der Waals surface area contributed by atoms with Gasteiger partial charge >= 0.3 is 0 Å². The van der Waals surface area contributed by atoms with Crippen LogP contribution in [0.3, 0.4) is 0 Å². The second-order valence-electron chi connectivity index (χ2n) is 7.77. The molecule has 1 fully saturated rings. The molecule has 2 unspecified atom stereocenters. The molecular weight excluding hydrogens is 394 g/mol. The molecule has 4 nitrogen and oxygen atoms in total. The van der Waals surface area contributed by atoms with Gasteiger partial charge in [0, 0.05) is 18.9 Å². The molecule has 30 heavy (non-hydrogen) atoms. The quantitative estimate of drug-likeness (QED) is 0.421. The lowest BCUT2D eigenvalue weighted by Gasteiger charge is -2.21. The van der Waals surface area contributed by atoms with Crippen LogP contribution in [-0.2, 0) is 4.79 Å². The van der Waals surface area contributed by atoms with Crippen molar-refractivity contribution in [2.45, 2.75) is 25.3 Å². The Morgan fingerprint density at radius 3 is 2.47 bits per heavy atom. The number of hydrogen-bond acceptors (Lipinski definition) is 2. The molecule has 4 aromatic rings. The van der Waals surface area contributed by atoms with Crippen LogP contribution in [0.15, 0.2) is 78.9 Å². The summed E-state index contributed by atoms with van der Waals surface area (Å²) in [5, 5.41) is 0.595. The smallest absolute Gasteiger partial charge is 0.227 e. The normalized spacial score (nSPS) is 17.6. The molecule has 1 saturated heterocycles. The molecule has 1 aromatic heterocycles. The van der Waals surface area contributed by atoms with Crippen LogP contribution in [0.2, 0.25) is 5.02 Å². The fourth-order valence-corrected chi connectivity index (χ4v) is 4.66. The Morgan fingerprint density at radius 1 is 0.967 bits per heavy atom. The van der Waals surface area contributed by atoms with E-state index in [1.54, 1.807) is 4.90 Å². The predicted octanol–water partition coefficient (Wildman–Crippen LogP) is 5.82. The van der Waals surface area contributed by atoms with E-state index < -0.39 is 0 Å². The first-order valence-corrected chi connectivity index (χ1v) is 10.6. The first kappa shape index (κ1) is 18.9. The van der Waals surface area contributed by atoms with E-state index in [1.165, 1.54) is 5.56 Å². The van der Waals surface area contributed by atoms with Crippen molar-refractivity contribution in [2.24, 2.45) is 0 Å². The van der Waals surface area contributed by atoms with Crippen LogP contribution in [0.4, 0.5) is 5.69 Å². The number of carbonyl (C=O) groups excluding carboxylic acids is 1. The summed E-state index contributed by atoms with van der Waals surface area (Å²) in [6.45, 7) is 2.77. The van der Waals surface area contributed by atoms with Crippen molar-refractivity contribution < 1.29 is 4.79 Å². The molecule has 0 aliphatic carbocycles. The number of nitrogens with zero attached hydrogens (tertiary/aromatic N) is 3. The minimum Gasteiger partial charge on any atom is -0.320 e. The molecule has 1 amide bonds. The van der Waals surface area contributed by atoms with Crippen LogP contribution >= 0.6 is 11.6 Å². The Labute approximate surface area is 180 Å². The number of aromatic nitrogens is 2. The molecule has 5 rings (SSSR count). The molecule has 0 saturated carbocycles. The number of anilines is 1. The van der Waals surface area contributed by atoms with Gasteiger partial charge in [0.1, 0.15) is 5.82 Å². The summed E-state index contributed by atoms with van der Waals surface area (Å²) < 4.78 is 2.29. The fourth-order valence-electron chi connectivity index (χ4n) is 4.42. The van der Waals surface area contributed by atoms with Gasteiger partial charge < -0.3 is 9.47 Å². The molecule has 0 N–H and O–H groups in total. The number of amides is 1. The van der Waals surface area contributed by atoms with Crippen molar-refractivity contribution in [3.8, 4) is 0 Å².